The van der Waals surface area contributed by atoms with Crippen LogP contribution < -0.4 is 0 Å². The molecule has 0 aromatic heterocycles. The van der Waals surface area contributed by atoms with Gasteiger partial charge >= 0.3 is 11.9 Å². The Hall–Kier alpha value is -1.91. The van der Waals surface area contributed by atoms with Gasteiger partial charge < -0.3 is 14.3 Å². The van der Waals surface area contributed by atoms with Crippen molar-refractivity contribution >= 4 is 17.7 Å². The Morgan fingerprint density at radius 1 is 1.05 bits per heavy atom. The number of ether oxygens (including phenoxy) is 2. The molecule has 0 fully saturated rings. The molecule has 0 saturated carbocycles. The summed E-state index contributed by atoms with van der Waals surface area (Å²) in [4.78, 5) is 35.2. The highest BCUT2D eigenvalue weighted by Crippen LogP contribution is 2.31. The standard InChI is InChI=1S/C16H24O5/c1-6-8-20-14(18)13(15(19)21-9-7-2)11-16(4,5)10-12(3)17/h6-7,13H,1-2,8-11H2,3-5H3. The summed E-state index contributed by atoms with van der Waals surface area (Å²) < 4.78 is 9.87. The lowest BCUT2D eigenvalue weighted by Gasteiger charge is -2.26. The Bertz CT molecular complexity index is 385. The van der Waals surface area contributed by atoms with Gasteiger partial charge in [0.15, 0.2) is 5.92 Å². The molecule has 0 unspecified atom stereocenters. The maximum Gasteiger partial charge on any atom is 0.320 e. The van der Waals surface area contributed by atoms with Crippen molar-refractivity contribution in [2.45, 2.75) is 33.6 Å². The van der Waals surface area contributed by atoms with Crippen molar-refractivity contribution in [1.29, 1.82) is 0 Å². The predicted octanol–water partition coefficient (Wildman–Crippen LogP) is 2.46. The topological polar surface area (TPSA) is 69.7 Å². The van der Waals surface area contributed by atoms with E-state index in [9.17, 15) is 14.4 Å². The van der Waals surface area contributed by atoms with E-state index >= 15 is 0 Å². The van der Waals surface area contributed by atoms with E-state index in [2.05, 4.69) is 13.2 Å². The number of carbonyl (C=O) groups excluding carboxylic acids is 3. The fraction of sp³-hybridized carbons (Fsp3) is 0.562. The zero-order valence-corrected chi connectivity index (χ0v) is 13.0. The average Bonchev–Trinajstić information content (AvgIpc) is 2.38. The molecule has 0 aliphatic rings. The summed E-state index contributed by atoms with van der Waals surface area (Å²) in [6.07, 6.45) is 3.29. The summed E-state index contributed by atoms with van der Waals surface area (Å²) in [5.74, 6) is -2.39. The Morgan fingerprint density at radius 2 is 1.48 bits per heavy atom. The van der Waals surface area contributed by atoms with Crippen LogP contribution in [-0.2, 0) is 23.9 Å². The van der Waals surface area contributed by atoms with Crippen LogP contribution in [0.2, 0.25) is 0 Å². The maximum atomic E-state index is 12.0. The Morgan fingerprint density at radius 3 is 1.81 bits per heavy atom. The van der Waals surface area contributed by atoms with Gasteiger partial charge in [-0.05, 0) is 18.8 Å². The van der Waals surface area contributed by atoms with Crippen LogP contribution in [0.1, 0.15) is 33.6 Å². The number of esters is 2. The van der Waals surface area contributed by atoms with Crippen LogP contribution in [0.15, 0.2) is 25.3 Å². The van der Waals surface area contributed by atoms with Crippen molar-refractivity contribution in [1.82, 2.24) is 0 Å². The Kier molecular flexibility index (Phi) is 8.28. The molecule has 0 aliphatic carbocycles. The van der Waals surface area contributed by atoms with E-state index in [0.29, 0.717) is 0 Å². The highest BCUT2D eigenvalue weighted by Gasteiger charge is 2.36. The second-order valence-corrected chi connectivity index (χ2v) is 5.64. The Balaban J connectivity index is 4.97. The van der Waals surface area contributed by atoms with Gasteiger partial charge in [0.2, 0.25) is 0 Å². The van der Waals surface area contributed by atoms with Crippen LogP contribution in [0.5, 0.6) is 0 Å². The molecule has 0 rings (SSSR count). The van der Waals surface area contributed by atoms with E-state index in [0.717, 1.165) is 0 Å². The molecular weight excluding hydrogens is 272 g/mol. The van der Waals surface area contributed by atoms with Crippen LogP contribution in [0.25, 0.3) is 0 Å². The minimum absolute atomic E-state index is 0.00216. The molecule has 0 aliphatic heterocycles. The van der Waals surface area contributed by atoms with E-state index in [1.54, 1.807) is 0 Å². The quantitative estimate of drug-likeness (QED) is 0.352. The molecule has 0 aromatic carbocycles. The summed E-state index contributed by atoms with van der Waals surface area (Å²) in [6.45, 7) is 12.1. The number of rotatable bonds is 10. The van der Waals surface area contributed by atoms with Crippen LogP contribution in [0.4, 0.5) is 0 Å². The SMILES string of the molecule is C=CCOC(=O)C(CC(C)(C)CC(C)=O)C(=O)OCC=C. The molecule has 5 nitrogen and oxygen atoms in total. The third-order valence-corrected chi connectivity index (χ3v) is 2.74. The van der Waals surface area contributed by atoms with Crippen LogP contribution >= 0.6 is 0 Å². The molecule has 0 aromatic rings. The van der Waals surface area contributed by atoms with Crippen molar-refractivity contribution in [3.05, 3.63) is 25.3 Å². The van der Waals surface area contributed by atoms with Gasteiger partial charge in [0.05, 0.1) is 0 Å². The van der Waals surface area contributed by atoms with Crippen molar-refractivity contribution in [2.24, 2.45) is 11.3 Å². The molecule has 5 heteroatoms. The first-order valence-corrected chi connectivity index (χ1v) is 6.78. The lowest BCUT2D eigenvalue weighted by atomic mass is 9.79. The number of hydrogen-bond donors (Lipinski definition) is 0. The van der Waals surface area contributed by atoms with E-state index in [-0.39, 0.29) is 31.8 Å². The van der Waals surface area contributed by atoms with Crippen LogP contribution in [0.3, 0.4) is 0 Å². The molecule has 21 heavy (non-hydrogen) atoms. The molecule has 0 radical (unpaired) electrons. The number of carbonyl (C=O) groups is 3. The summed E-state index contributed by atoms with van der Waals surface area (Å²) in [7, 11) is 0. The van der Waals surface area contributed by atoms with Crippen molar-refractivity contribution in [2.75, 3.05) is 13.2 Å². The maximum absolute atomic E-state index is 12.0. The summed E-state index contributed by atoms with van der Waals surface area (Å²) in [6, 6.07) is 0. The van der Waals surface area contributed by atoms with Crippen LogP contribution in [-0.4, -0.2) is 30.9 Å². The molecule has 0 amide bonds. The van der Waals surface area contributed by atoms with E-state index < -0.39 is 23.3 Å². The second kappa shape index (κ2) is 9.10. The van der Waals surface area contributed by atoms with E-state index in [1.165, 1.54) is 19.1 Å². The molecule has 0 bridgehead atoms. The first kappa shape index (κ1) is 19.1. The largest absolute Gasteiger partial charge is 0.461 e. The van der Waals surface area contributed by atoms with E-state index in [4.69, 9.17) is 9.47 Å². The smallest absolute Gasteiger partial charge is 0.320 e. The lowest BCUT2D eigenvalue weighted by Crippen LogP contribution is -2.33. The molecule has 0 heterocycles. The van der Waals surface area contributed by atoms with Gasteiger partial charge in [0.1, 0.15) is 19.0 Å². The lowest BCUT2D eigenvalue weighted by molar-refractivity contribution is -0.162. The third kappa shape index (κ3) is 8.07. The van der Waals surface area contributed by atoms with Crippen molar-refractivity contribution in [3.63, 3.8) is 0 Å². The molecule has 0 saturated heterocycles. The first-order chi connectivity index (χ1) is 9.73. The molecule has 0 N–H and O–H groups in total. The fourth-order valence-electron chi connectivity index (χ4n) is 2.04. The first-order valence-electron chi connectivity index (χ1n) is 6.78. The minimum atomic E-state index is -1.06. The zero-order chi connectivity index (χ0) is 16.5. The molecular formula is C16H24O5. The minimum Gasteiger partial charge on any atom is -0.461 e. The summed E-state index contributed by atoms with van der Waals surface area (Å²) in [5, 5.41) is 0. The van der Waals surface area contributed by atoms with Gasteiger partial charge in [-0.2, -0.15) is 0 Å². The third-order valence-electron chi connectivity index (χ3n) is 2.74. The molecule has 118 valence electrons. The predicted molar refractivity (Wildman–Crippen MR) is 79.5 cm³/mol. The highest BCUT2D eigenvalue weighted by atomic mass is 16.6. The molecule has 0 atom stereocenters. The van der Waals surface area contributed by atoms with Crippen LogP contribution in [0, 0.1) is 11.3 Å². The normalized spacial score (nSPS) is 10.9. The van der Waals surface area contributed by atoms with Gasteiger partial charge in [-0.1, -0.05) is 39.2 Å². The number of ketones is 1. The monoisotopic (exact) mass is 296 g/mol. The molecule has 0 spiro atoms. The number of Topliss-reactive ketones (excluding diaryl/α,β-unsaturated/α-hetero) is 1. The van der Waals surface area contributed by atoms with Gasteiger partial charge in [0, 0.05) is 6.42 Å². The summed E-state index contributed by atoms with van der Waals surface area (Å²) >= 11 is 0. The average molecular weight is 296 g/mol. The fourth-order valence-corrected chi connectivity index (χ4v) is 2.04. The highest BCUT2D eigenvalue weighted by molar-refractivity contribution is 5.95. The zero-order valence-electron chi connectivity index (χ0n) is 13.0. The number of hydrogen-bond acceptors (Lipinski definition) is 5. The van der Waals surface area contributed by atoms with Gasteiger partial charge in [-0.3, -0.25) is 9.59 Å². The van der Waals surface area contributed by atoms with Gasteiger partial charge in [-0.25, -0.2) is 0 Å². The second-order valence-electron chi connectivity index (χ2n) is 5.64. The van der Waals surface area contributed by atoms with Gasteiger partial charge in [-0.15, -0.1) is 0 Å². The Labute approximate surface area is 126 Å². The van der Waals surface area contributed by atoms with Gasteiger partial charge in [0.25, 0.3) is 0 Å². The van der Waals surface area contributed by atoms with Crippen molar-refractivity contribution in [3.8, 4) is 0 Å². The van der Waals surface area contributed by atoms with Crippen molar-refractivity contribution < 1.29 is 23.9 Å². The summed E-state index contributed by atoms with van der Waals surface area (Å²) in [5.41, 5.74) is -0.503. The van der Waals surface area contributed by atoms with E-state index in [1.807, 2.05) is 13.8 Å².